The van der Waals surface area contributed by atoms with Crippen molar-refractivity contribution in [3.05, 3.63) is 0 Å². The van der Waals surface area contributed by atoms with Gasteiger partial charge in [-0.25, -0.2) is 17.5 Å². The molecule has 0 bridgehead atoms. The molecule has 37 heavy (non-hydrogen) atoms. The monoisotopic (exact) mass is 726 g/mol. The molecule has 0 saturated carbocycles. The van der Waals surface area contributed by atoms with Gasteiger partial charge < -0.3 is 28.5 Å². The molecule has 226 valence electrons. The Morgan fingerprint density at radius 3 is 1.19 bits per heavy atom. The number of nitrogens with zero attached hydrogens (tertiary/aromatic N) is 1. The summed E-state index contributed by atoms with van der Waals surface area (Å²) < 4.78 is 249. The lowest BCUT2D eigenvalue weighted by Crippen LogP contribution is -3.00. The highest BCUT2D eigenvalue weighted by Crippen LogP contribution is 2.64. The summed E-state index contributed by atoms with van der Waals surface area (Å²) in [4.78, 5) is 0. The van der Waals surface area contributed by atoms with Crippen LogP contribution >= 0.6 is 0 Å². The van der Waals surface area contributed by atoms with Gasteiger partial charge in [0.1, 0.15) is 0 Å². The Kier molecular flexibility index (Phi) is 10.9. The quantitative estimate of drug-likeness (QED) is 0.154. The van der Waals surface area contributed by atoms with E-state index in [0.717, 1.165) is 0 Å². The molecule has 0 amide bonds. The van der Waals surface area contributed by atoms with Gasteiger partial charge in [0.2, 0.25) is 0 Å². The average Bonchev–Trinajstić information content (AvgIpc) is 2.60. The molecule has 1 atom stereocenters. The summed E-state index contributed by atoms with van der Waals surface area (Å²) in [5, 5.41) is -8.28. The zero-order chi connectivity index (χ0) is 29.8. The fourth-order valence-electron chi connectivity index (χ4n) is 2.35. The number of quaternary nitrogens is 1. The third kappa shape index (κ3) is 6.11. The van der Waals surface area contributed by atoms with Crippen LogP contribution in [0.5, 0.6) is 0 Å². The molecule has 0 heterocycles. The number of rotatable bonds is 11. The van der Waals surface area contributed by atoms with Gasteiger partial charge in [0.25, 0.3) is 10.0 Å². The van der Waals surface area contributed by atoms with Crippen LogP contribution in [0.1, 0.15) is 6.42 Å². The molecule has 0 spiro atoms. The van der Waals surface area contributed by atoms with Gasteiger partial charge in [-0.1, -0.05) is 0 Å². The van der Waals surface area contributed by atoms with E-state index in [4.69, 9.17) is 0 Å². The second-order valence-electron chi connectivity index (χ2n) is 8.23. The molecule has 0 aliphatic heterocycles. The molecule has 0 saturated heterocycles. The number of alkyl halides is 17. The van der Waals surface area contributed by atoms with Gasteiger partial charge >= 0.3 is 47.0 Å². The molecule has 0 radical (unpaired) electrons. The van der Waals surface area contributed by atoms with E-state index in [-0.39, 0.29) is 39.7 Å². The van der Waals surface area contributed by atoms with Crippen LogP contribution in [-0.2, 0) is 10.0 Å². The van der Waals surface area contributed by atoms with Gasteiger partial charge in [-0.2, -0.15) is 70.2 Å². The van der Waals surface area contributed by atoms with Crippen LogP contribution < -0.4 is 28.7 Å². The van der Waals surface area contributed by atoms with E-state index in [9.17, 15) is 83.1 Å². The van der Waals surface area contributed by atoms with Crippen LogP contribution in [0.3, 0.4) is 0 Å². The summed E-state index contributed by atoms with van der Waals surface area (Å²) in [6.07, 6.45) is -16.5. The van der Waals surface area contributed by atoms with Crippen molar-refractivity contribution in [3.8, 4) is 0 Å². The third-order valence-corrected chi connectivity index (χ3v) is 6.21. The highest BCUT2D eigenvalue weighted by atomic mass is 127. The van der Waals surface area contributed by atoms with Gasteiger partial charge in [-0.05, 0) is 0 Å². The Balaban J connectivity index is 0. The van der Waals surface area contributed by atoms with Crippen LogP contribution in [0.15, 0.2) is 0 Å². The van der Waals surface area contributed by atoms with Crippen molar-refractivity contribution in [2.45, 2.75) is 53.4 Å². The van der Waals surface area contributed by atoms with E-state index >= 15 is 0 Å². The minimum atomic E-state index is -8.83. The average molecular weight is 726 g/mol. The molecule has 0 aromatic rings. The number of nitrogens with one attached hydrogen (secondary N) is 1. The van der Waals surface area contributed by atoms with E-state index in [1.54, 1.807) is 0 Å². The lowest BCUT2D eigenvalue weighted by Gasteiger charge is -2.44. The van der Waals surface area contributed by atoms with Crippen LogP contribution in [0.25, 0.3) is 0 Å². The largest absolute Gasteiger partial charge is 1.00 e. The Morgan fingerprint density at radius 1 is 0.568 bits per heavy atom. The first-order valence-corrected chi connectivity index (χ1v) is 10.2. The topological polar surface area (TPSA) is 46.2 Å². The molecule has 1 unspecified atom stereocenters. The highest BCUT2D eigenvalue weighted by Gasteiger charge is 2.97. The SMILES string of the molecule is C[N+](C)(C)CCCNS(=O)(=O)C(F)(C(F)(F)C(F)(F)F)C(F)(F)C(F)(F)C(F)(F)C(F)(F)C(F)(F)F.[I-]. The van der Waals surface area contributed by atoms with E-state index in [1.165, 1.54) is 21.1 Å². The smallest absolute Gasteiger partial charge is 0.460 e. The van der Waals surface area contributed by atoms with Crippen LogP contribution in [0.4, 0.5) is 74.6 Å². The van der Waals surface area contributed by atoms with Crippen molar-refractivity contribution in [1.29, 1.82) is 0 Å². The summed E-state index contributed by atoms with van der Waals surface area (Å²) in [6, 6.07) is 0. The number of hydrogen-bond acceptors (Lipinski definition) is 2. The van der Waals surface area contributed by atoms with Gasteiger partial charge in [0.15, 0.2) is 0 Å². The zero-order valence-corrected chi connectivity index (χ0v) is 21.1. The Morgan fingerprint density at radius 2 is 0.892 bits per heavy atom. The molecule has 23 heteroatoms. The fourth-order valence-corrected chi connectivity index (χ4v) is 3.88. The third-order valence-electron chi connectivity index (χ3n) is 4.37. The fraction of sp³-hybridized carbons (Fsp3) is 1.00. The predicted molar refractivity (Wildman–Crippen MR) is 85.1 cm³/mol. The van der Waals surface area contributed by atoms with Crippen LogP contribution in [0.2, 0.25) is 0 Å². The molecule has 0 fully saturated rings. The maximum atomic E-state index is 14.8. The summed E-state index contributed by atoms with van der Waals surface area (Å²) in [6.45, 7) is -1.87. The molecule has 0 aromatic heterocycles. The van der Waals surface area contributed by atoms with Crippen LogP contribution in [-0.4, -0.2) is 94.1 Å². The molecule has 0 aliphatic carbocycles. The minimum absolute atomic E-state index is 0. The molecule has 4 nitrogen and oxygen atoms in total. The second kappa shape index (κ2) is 10.4. The van der Waals surface area contributed by atoms with E-state index in [1.807, 2.05) is 0 Å². The number of halogens is 18. The maximum absolute atomic E-state index is 14.8. The summed E-state index contributed by atoms with van der Waals surface area (Å²) in [7, 11) is -3.94. The Bertz CT molecular complexity index is 895. The van der Waals surface area contributed by atoms with Crippen molar-refractivity contribution in [2.75, 3.05) is 34.2 Å². The molecular formula is C14H16F17IN2O2S. The van der Waals surface area contributed by atoms with Gasteiger partial charge in [0.05, 0.1) is 27.7 Å². The van der Waals surface area contributed by atoms with Crippen LogP contribution in [0, 0.1) is 0 Å². The van der Waals surface area contributed by atoms with E-state index in [2.05, 4.69) is 0 Å². The Hall–Kier alpha value is -0.590. The number of sulfonamides is 1. The molecular weight excluding hydrogens is 710 g/mol. The van der Waals surface area contributed by atoms with Crippen molar-refractivity contribution in [1.82, 2.24) is 4.72 Å². The molecule has 0 aliphatic rings. The summed E-state index contributed by atoms with van der Waals surface area (Å²) in [5.41, 5.74) is 0. The van der Waals surface area contributed by atoms with Crippen molar-refractivity contribution in [3.63, 3.8) is 0 Å². The molecule has 1 N–H and O–H groups in total. The van der Waals surface area contributed by atoms with Gasteiger partial charge in [0, 0.05) is 13.0 Å². The zero-order valence-electron chi connectivity index (χ0n) is 18.1. The standard InChI is InChI=1S/C14H16F17N2O2S.HI/c1-33(2,3)6-4-5-32-36(34,35)12(25,11(23,24)14(29,30)31)9(19,20)7(15,16)8(17,18)10(21,22)13(26,27)28;/h32H,4-6H2,1-3H3;1H/q+1;/p-1. The lowest BCUT2D eigenvalue weighted by molar-refractivity contribution is -0.870. The molecule has 0 rings (SSSR count). The van der Waals surface area contributed by atoms with E-state index in [0.29, 0.717) is 0 Å². The predicted octanol–water partition coefficient (Wildman–Crippen LogP) is 1.97. The Labute approximate surface area is 214 Å². The number of hydrogen-bond donors (Lipinski definition) is 1. The first-order valence-electron chi connectivity index (χ1n) is 8.72. The minimum Gasteiger partial charge on any atom is -1.00 e. The van der Waals surface area contributed by atoms with Crippen molar-refractivity contribution >= 4 is 10.0 Å². The van der Waals surface area contributed by atoms with Gasteiger partial charge in [-0.15, -0.1) is 0 Å². The first-order chi connectivity index (χ1) is 15.2. The maximum Gasteiger partial charge on any atom is 0.460 e. The van der Waals surface area contributed by atoms with Crippen molar-refractivity contribution < 1.29 is 112 Å². The lowest BCUT2D eigenvalue weighted by atomic mass is 9.92. The van der Waals surface area contributed by atoms with Gasteiger partial charge in [-0.3, -0.25) is 0 Å². The highest BCUT2D eigenvalue weighted by molar-refractivity contribution is 7.90. The van der Waals surface area contributed by atoms with Crippen molar-refractivity contribution in [2.24, 2.45) is 0 Å². The molecule has 0 aromatic carbocycles. The summed E-state index contributed by atoms with van der Waals surface area (Å²) >= 11 is 0. The second-order valence-corrected chi connectivity index (χ2v) is 10.1. The normalized spacial score (nSPS) is 17.3. The summed E-state index contributed by atoms with van der Waals surface area (Å²) in [5.74, 6) is -42.9. The first kappa shape index (κ1) is 38.6. The van der Waals surface area contributed by atoms with E-state index < -0.39 is 70.0 Å².